The fraction of sp³-hybridized carbons (Fsp3) is 0.526. The molecule has 2 amide bonds. The van der Waals surface area contributed by atoms with E-state index in [-0.39, 0.29) is 6.03 Å². The molecule has 0 aromatic heterocycles. The number of benzene rings is 1. The molecule has 8 nitrogen and oxygen atoms in total. The van der Waals surface area contributed by atoms with Crippen molar-refractivity contribution in [3.8, 4) is 0 Å². The highest BCUT2D eigenvalue weighted by Gasteiger charge is 2.21. The monoisotopic (exact) mass is 372 g/mol. The number of hydrogen-bond acceptors (Lipinski definition) is 5. The maximum Gasteiger partial charge on any atom is 0.340 e. The van der Waals surface area contributed by atoms with E-state index in [1.54, 1.807) is 11.9 Å². The number of rotatable bonds is 3. The molecule has 0 atom stereocenters. The average Bonchev–Trinajstić information content (AvgIpc) is 2.72. The number of amides is 2. The minimum absolute atomic E-state index is 0.159. The summed E-state index contributed by atoms with van der Waals surface area (Å²) in [6.07, 6.45) is 0. The number of hydrogen-bond donors (Lipinski definition) is 0. The van der Waals surface area contributed by atoms with Gasteiger partial charge in [-0.1, -0.05) is 0 Å². The number of urea groups is 1. The zero-order chi connectivity index (χ0) is 19.2. The molecule has 0 N–H and O–H groups in total. The standard InChI is InChI=1S/C19H28N6O2/c1-20-18(21-23(3)19(26)25-12-14-27-15-13-25)16-4-6-17(7-5-16)24-10-8-22(2)9-11-24/h4-7H,1,8-15H2,2-3H3. The summed E-state index contributed by atoms with van der Waals surface area (Å²) in [5, 5.41) is 5.68. The Morgan fingerprint density at radius 3 is 2.30 bits per heavy atom. The van der Waals surface area contributed by atoms with Crippen LogP contribution >= 0.6 is 0 Å². The number of nitrogens with zero attached hydrogens (tertiary/aromatic N) is 6. The van der Waals surface area contributed by atoms with Gasteiger partial charge in [-0.25, -0.2) is 14.8 Å². The second-order valence-electron chi connectivity index (χ2n) is 6.82. The van der Waals surface area contributed by atoms with Gasteiger partial charge in [0.15, 0.2) is 5.84 Å². The second-order valence-corrected chi connectivity index (χ2v) is 6.82. The van der Waals surface area contributed by atoms with Crippen molar-refractivity contribution in [2.75, 3.05) is 71.5 Å². The minimum Gasteiger partial charge on any atom is -0.378 e. The van der Waals surface area contributed by atoms with Crippen LogP contribution in [0.5, 0.6) is 0 Å². The van der Waals surface area contributed by atoms with Crippen molar-refractivity contribution in [3.05, 3.63) is 29.8 Å². The lowest BCUT2D eigenvalue weighted by molar-refractivity contribution is 0.0455. The van der Waals surface area contributed by atoms with Gasteiger partial charge in [-0.05, 0) is 38.0 Å². The van der Waals surface area contributed by atoms with Gasteiger partial charge in [0, 0.05) is 57.6 Å². The van der Waals surface area contributed by atoms with E-state index in [4.69, 9.17) is 4.74 Å². The summed E-state index contributed by atoms with van der Waals surface area (Å²) in [6, 6.07) is 7.95. The van der Waals surface area contributed by atoms with E-state index < -0.39 is 0 Å². The maximum absolute atomic E-state index is 12.5. The molecule has 0 saturated carbocycles. The molecule has 0 aliphatic carbocycles. The van der Waals surface area contributed by atoms with Gasteiger partial charge in [-0.3, -0.25) is 0 Å². The first-order valence-corrected chi connectivity index (χ1v) is 9.28. The molecule has 8 heteroatoms. The summed E-state index contributed by atoms with van der Waals surface area (Å²) >= 11 is 0. The lowest BCUT2D eigenvalue weighted by atomic mass is 10.1. The van der Waals surface area contributed by atoms with Gasteiger partial charge < -0.3 is 19.4 Å². The molecule has 2 aliphatic rings. The number of morpholine rings is 1. The lowest BCUT2D eigenvalue weighted by Gasteiger charge is -2.34. The van der Waals surface area contributed by atoms with Crippen LogP contribution in [0.4, 0.5) is 10.5 Å². The number of likely N-dealkylation sites (N-methyl/N-ethyl adjacent to an activating group) is 1. The van der Waals surface area contributed by atoms with Crippen LogP contribution in [0.15, 0.2) is 34.4 Å². The number of anilines is 1. The number of ether oxygens (including phenoxy) is 1. The van der Waals surface area contributed by atoms with E-state index in [2.05, 4.69) is 45.8 Å². The molecule has 2 heterocycles. The van der Waals surface area contributed by atoms with Crippen LogP contribution in [0.25, 0.3) is 0 Å². The van der Waals surface area contributed by atoms with Crippen molar-refractivity contribution in [2.45, 2.75) is 0 Å². The molecule has 0 bridgehead atoms. The molecule has 2 aliphatic heterocycles. The predicted octanol–water partition coefficient (Wildman–Crippen LogP) is 1.18. The first-order chi connectivity index (χ1) is 13.1. The normalized spacial score (nSPS) is 19.1. The summed E-state index contributed by atoms with van der Waals surface area (Å²) in [4.78, 5) is 22.9. The largest absolute Gasteiger partial charge is 0.378 e. The Bertz CT molecular complexity index is 676. The van der Waals surface area contributed by atoms with Crippen molar-refractivity contribution in [1.82, 2.24) is 14.8 Å². The van der Waals surface area contributed by atoms with Crippen LogP contribution in [0.2, 0.25) is 0 Å². The molecule has 0 radical (unpaired) electrons. The van der Waals surface area contributed by atoms with E-state index in [1.165, 1.54) is 10.7 Å². The number of carbonyl (C=O) groups excluding carboxylic acids is 1. The van der Waals surface area contributed by atoms with Gasteiger partial charge in [0.05, 0.1) is 13.2 Å². The van der Waals surface area contributed by atoms with Gasteiger partial charge >= 0.3 is 6.03 Å². The number of amidine groups is 1. The van der Waals surface area contributed by atoms with E-state index in [1.807, 2.05) is 12.1 Å². The van der Waals surface area contributed by atoms with Gasteiger partial charge in [-0.2, -0.15) is 0 Å². The summed E-state index contributed by atoms with van der Waals surface area (Å²) in [7, 11) is 3.79. The number of hydrazone groups is 1. The maximum atomic E-state index is 12.5. The van der Waals surface area contributed by atoms with Crippen LogP contribution in [0, 0.1) is 0 Å². The third kappa shape index (κ3) is 4.84. The molecular formula is C19H28N6O2. The molecule has 1 aromatic carbocycles. The first kappa shape index (κ1) is 19.3. The van der Waals surface area contributed by atoms with Crippen molar-refractivity contribution in [2.24, 2.45) is 10.1 Å². The first-order valence-electron chi connectivity index (χ1n) is 9.28. The van der Waals surface area contributed by atoms with E-state index in [0.29, 0.717) is 32.1 Å². The Hall–Kier alpha value is -2.45. The van der Waals surface area contributed by atoms with Crippen molar-refractivity contribution in [3.63, 3.8) is 0 Å². The van der Waals surface area contributed by atoms with Crippen LogP contribution < -0.4 is 4.90 Å². The molecule has 0 unspecified atom stereocenters. The topological polar surface area (TPSA) is 64.0 Å². The fourth-order valence-corrected chi connectivity index (χ4v) is 3.21. The summed E-state index contributed by atoms with van der Waals surface area (Å²) in [5.41, 5.74) is 2.03. The summed E-state index contributed by atoms with van der Waals surface area (Å²) in [5.74, 6) is 0.434. The molecule has 2 fully saturated rings. The Morgan fingerprint density at radius 2 is 1.70 bits per heavy atom. The Labute approximate surface area is 160 Å². The minimum atomic E-state index is -0.159. The van der Waals surface area contributed by atoms with Crippen LogP contribution in [-0.2, 0) is 4.74 Å². The van der Waals surface area contributed by atoms with Crippen molar-refractivity contribution >= 4 is 24.3 Å². The molecule has 146 valence electrons. The van der Waals surface area contributed by atoms with Crippen LogP contribution in [-0.4, -0.2) is 100.0 Å². The highest BCUT2D eigenvalue weighted by atomic mass is 16.5. The van der Waals surface area contributed by atoms with E-state index in [0.717, 1.165) is 31.7 Å². The van der Waals surface area contributed by atoms with Crippen molar-refractivity contribution in [1.29, 1.82) is 0 Å². The molecule has 3 rings (SSSR count). The molecular weight excluding hydrogens is 344 g/mol. The third-order valence-electron chi connectivity index (χ3n) is 4.95. The quantitative estimate of drug-likeness (QED) is 0.454. The molecule has 1 aromatic rings. The van der Waals surface area contributed by atoms with Crippen LogP contribution in [0.1, 0.15) is 5.56 Å². The molecule has 0 spiro atoms. The second kappa shape index (κ2) is 8.96. The Morgan fingerprint density at radius 1 is 1.07 bits per heavy atom. The summed E-state index contributed by atoms with van der Waals surface area (Å²) in [6.45, 7) is 10.1. The lowest BCUT2D eigenvalue weighted by Crippen LogP contribution is -2.45. The molecule has 27 heavy (non-hydrogen) atoms. The zero-order valence-corrected chi connectivity index (χ0v) is 16.2. The Kier molecular flexibility index (Phi) is 6.41. The van der Waals surface area contributed by atoms with Gasteiger partial charge in [-0.15, -0.1) is 5.10 Å². The van der Waals surface area contributed by atoms with Gasteiger partial charge in [0.2, 0.25) is 0 Å². The average molecular weight is 372 g/mol. The van der Waals surface area contributed by atoms with E-state index >= 15 is 0 Å². The highest BCUT2D eigenvalue weighted by molar-refractivity contribution is 6.02. The SMILES string of the molecule is C=NC(=NN(C)C(=O)N1CCOCC1)c1ccc(N2CCN(C)CC2)cc1. The third-order valence-corrected chi connectivity index (χ3v) is 4.95. The highest BCUT2D eigenvalue weighted by Crippen LogP contribution is 2.18. The van der Waals surface area contributed by atoms with Gasteiger partial charge in [0.25, 0.3) is 0 Å². The summed E-state index contributed by atoms with van der Waals surface area (Å²) < 4.78 is 5.28. The predicted molar refractivity (Wildman–Crippen MR) is 108 cm³/mol. The van der Waals surface area contributed by atoms with Crippen LogP contribution in [0.3, 0.4) is 0 Å². The number of carbonyl (C=O) groups is 1. The van der Waals surface area contributed by atoms with Gasteiger partial charge in [0.1, 0.15) is 0 Å². The van der Waals surface area contributed by atoms with Crippen molar-refractivity contribution < 1.29 is 9.53 Å². The smallest absolute Gasteiger partial charge is 0.340 e. The Balaban J connectivity index is 1.68. The number of aliphatic imine (C=N–C) groups is 1. The van der Waals surface area contributed by atoms with E-state index in [9.17, 15) is 4.79 Å². The number of piperazine rings is 1. The fourth-order valence-electron chi connectivity index (χ4n) is 3.21. The zero-order valence-electron chi connectivity index (χ0n) is 16.2. The molecule has 2 saturated heterocycles.